The number of sulfonamides is 1. The number of amides is 1. The molecule has 0 radical (unpaired) electrons. The first kappa shape index (κ1) is 15.3. The van der Waals surface area contributed by atoms with E-state index in [1.54, 1.807) is 4.90 Å². The molecule has 0 unspecified atom stereocenters. The first-order chi connectivity index (χ1) is 9.30. The average molecular weight is 317 g/mol. The number of primary sulfonamides is 1. The molecule has 20 heavy (non-hydrogen) atoms. The van der Waals surface area contributed by atoms with Gasteiger partial charge in [-0.3, -0.25) is 4.79 Å². The molecule has 1 fully saturated rings. The quantitative estimate of drug-likeness (QED) is 0.904. The standard InChI is InChI=1S/C13H17ClN2O3S/c1-9-5-7-16(8-6-9)13(17)12-10(14)3-2-4-11(12)20(15,18)19/h2-4,9H,5-8H2,1H3,(H2,15,18,19). The zero-order chi connectivity index (χ0) is 14.9. The van der Waals surface area contributed by atoms with Crippen molar-refractivity contribution in [1.82, 2.24) is 4.90 Å². The van der Waals surface area contributed by atoms with E-state index in [0.29, 0.717) is 19.0 Å². The molecule has 0 saturated carbocycles. The average Bonchev–Trinajstić information content (AvgIpc) is 2.37. The smallest absolute Gasteiger partial charge is 0.256 e. The molecule has 0 bridgehead atoms. The minimum absolute atomic E-state index is 0.0220. The summed E-state index contributed by atoms with van der Waals surface area (Å²) in [7, 11) is -3.98. The lowest BCUT2D eigenvalue weighted by Gasteiger charge is -2.31. The van der Waals surface area contributed by atoms with E-state index >= 15 is 0 Å². The van der Waals surface area contributed by atoms with Crippen LogP contribution in [0.25, 0.3) is 0 Å². The maximum atomic E-state index is 12.5. The van der Waals surface area contributed by atoms with E-state index in [-0.39, 0.29) is 21.4 Å². The van der Waals surface area contributed by atoms with Crippen LogP contribution in [0.1, 0.15) is 30.1 Å². The van der Waals surface area contributed by atoms with Gasteiger partial charge in [-0.1, -0.05) is 24.6 Å². The molecule has 1 aliphatic heterocycles. The van der Waals surface area contributed by atoms with Gasteiger partial charge >= 0.3 is 0 Å². The van der Waals surface area contributed by atoms with Crippen LogP contribution in [0.3, 0.4) is 0 Å². The molecule has 1 aromatic rings. The highest BCUT2D eigenvalue weighted by molar-refractivity contribution is 7.89. The highest BCUT2D eigenvalue weighted by Gasteiger charge is 2.28. The van der Waals surface area contributed by atoms with Gasteiger partial charge in [-0.15, -0.1) is 0 Å². The normalized spacial score (nSPS) is 17.2. The summed E-state index contributed by atoms with van der Waals surface area (Å²) in [6.07, 6.45) is 1.81. The lowest BCUT2D eigenvalue weighted by atomic mass is 9.98. The van der Waals surface area contributed by atoms with E-state index in [4.69, 9.17) is 16.7 Å². The molecule has 2 rings (SSSR count). The second-order valence-corrected chi connectivity index (χ2v) is 7.07. The number of halogens is 1. The van der Waals surface area contributed by atoms with Crippen LogP contribution in [0.2, 0.25) is 5.02 Å². The summed E-state index contributed by atoms with van der Waals surface area (Å²) in [5, 5.41) is 5.27. The van der Waals surface area contributed by atoms with Gasteiger partial charge in [0.2, 0.25) is 10.0 Å². The number of nitrogens with zero attached hydrogens (tertiary/aromatic N) is 1. The van der Waals surface area contributed by atoms with E-state index in [1.165, 1.54) is 18.2 Å². The molecule has 1 aliphatic rings. The fourth-order valence-electron chi connectivity index (χ4n) is 2.32. The summed E-state index contributed by atoms with van der Waals surface area (Å²) in [6, 6.07) is 4.27. The Morgan fingerprint density at radius 1 is 1.35 bits per heavy atom. The lowest BCUT2D eigenvalue weighted by Crippen LogP contribution is -2.38. The molecule has 7 heteroatoms. The number of rotatable bonds is 2. The predicted molar refractivity (Wildman–Crippen MR) is 77.1 cm³/mol. The predicted octanol–water partition coefficient (Wildman–Crippen LogP) is 1.86. The van der Waals surface area contributed by atoms with E-state index in [0.717, 1.165) is 12.8 Å². The number of carbonyl (C=O) groups is 1. The topological polar surface area (TPSA) is 80.5 Å². The van der Waals surface area contributed by atoms with Crippen molar-refractivity contribution < 1.29 is 13.2 Å². The Morgan fingerprint density at radius 2 is 1.95 bits per heavy atom. The Balaban J connectivity index is 2.40. The summed E-state index contributed by atoms with van der Waals surface area (Å²) in [6.45, 7) is 3.34. The number of hydrogen-bond acceptors (Lipinski definition) is 3. The minimum Gasteiger partial charge on any atom is -0.339 e. The lowest BCUT2D eigenvalue weighted by molar-refractivity contribution is 0.0693. The molecule has 5 nitrogen and oxygen atoms in total. The van der Waals surface area contributed by atoms with Gasteiger partial charge < -0.3 is 4.90 Å². The van der Waals surface area contributed by atoms with Crippen LogP contribution in [0.15, 0.2) is 23.1 Å². The first-order valence-corrected chi connectivity index (χ1v) is 8.33. The van der Waals surface area contributed by atoms with Gasteiger partial charge in [0.1, 0.15) is 0 Å². The SMILES string of the molecule is CC1CCN(C(=O)c2c(Cl)cccc2S(N)(=O)=O)CC1. The third-order valence-corrected chi connectivity index (χ3v) is 4.83. The molecule has 0 atom stereocenters. The molecule has 1 heterocycles. The van der Waals surface area contributed by atoms with Crippen LogP contribution in [-0.2, 0) is 10.0 Å². The maximum absolute atomic E-state index is 12.5. The highest BCUT2D eigenvalue weighted by atomic mass is 35.5. The number of nitrogens with two attached hydrogens (primary N) is 1. The third-order valence-electron chi connectivity index (χ3n) is 3.57. The van der Waals surface area contributed by atoms with Crippen LogP contribution in [-0.4, -0.2) is 32.3 Å². The Labute approximate surface area is 123 Å². The summed E-state index contributed by atoms with van der Waals surface area (Å²) < 4.78 is 23.2. The van der Waals surface area contributed by atoms with E-state index in [9.17, 15) is 13.2 Å². The van der Waals surface area contributed by atoms with Gasteiger partial charge in [0.25, 0.3) is 5.91 Å². The molecule has 2 N–H and O–H groups in total. The van der Waals surface area contributed by atoms with Crippen molar-refractivity contribution in [3.8, 4) is 0 Å². The molecule has 1 aromatic carbocycles. The van der Waals surface area contributed by atoms with E-state index in [2.05, 4.69) is 6.92 Å². The summed E-state index contributed by atoms with van der Waals surface area (Å²) in [5.41, 5.74) is -0.0220. The highest BCUT2D eigenvalue weighted by Crippen LogP contribution is 2.26. The van der Waals surface area contributed by atoms with Crippen molar-refractivity contribution in [2.45, 2.75) is 24.7 Å². The van der Waals surface area contributed by atoms with Crippen LogP contribution >= 0.6 is 11.6 Å². The number of piperidine rings is 1. The van der Waals surface area contributed by atoms with E-state index < -0.39 is 10.0 Å². The Kier molecular flexibility index (Phi) is 4.36. The van der Waals surface area contributed by atoms with Crippen molar-refractivity contribution in [2.75, 3.05) is 13.1 Å². The fraction of sp³-hybridized carbons (Fsp3) is 0.462. The van der Waals surface area contributed by atoms with Gasteiger partial charge in [0, 0.05) is 13.1 Å². The second-order valence-electron chi connectivity index (χ2n) is 5.13. The van der Waals surface area contributed by atoms with Gasteiger partial charge in [0.15, 0.2) is 0 Å². The monoisotopic (exact) mass is 316 g/mol. The van der Waals surface area contributed by atoms with Gasteiger partial charge in [-0.05, 0) is 30.9 Å². The van der Waals surface area contributed by atoms with Crippen LogP contribution in [0.5, 0.6) is 0 Å². The summed E-state index contributed by atoms with van der Waals surface area (Å²) >= 11 is 6.01. The zero-order valence-corrected chi connectivity index (χ0v) is 12.7. The number of likely N-dealkylation sites (tertiary alicyclic amines) is 1. The van der Waals surface area contributed by atoms with Gasteiger partial charge in [-0.2, -0.15) is 0 Å². The second kappa shape index (κ2) is 5.71. The Hall–Kier alpha value is -1.11. The largest absolute Gasteiger partial charge is 0.339 e. The molecule has 1 amide bonds. The van der Waals surface area contributed by atoms with Crippen molar-refractivity contribution in [3.05, 3.63) is 28.8 Å². The number of carbonyl (C=O) groups excluding carboxylic acids is 1. The van der Waals surface area contributed by atoms with Crippen molar-refractivity contribution >= 4 is 27.5 Å². The first-order valence-electron chi connectivity index (χ1n) is 6.41. The minimum atomic E-state index is -3.98. The molecule has 110 valence electrons. The molecule has 0 aromatic heterocycles. The molecular formula is C13H17ClN2O3S. The van der Waals surface area contributed by atoms with Crippen LogP contribution < -0.4 is 5.14 Å². The molecular weight excluding hydrogens is 300 g/mol. The van der Waals surface area contributed by atoms with E-state index in [1.807, 2.05) is 0 Å². The summed E-state index contributed by atoms with van der Waals surface area (Å²) in [5.74, 6) is 0.203. The van der Waals surface area contributed by atoms with Crippen molar-refractivity contribution in [1.29, 1.82) is 0 Å². The van der Waals surface area contributed by atoms with Crippen molar-refractivity contribution in [2.24, 2.45) is 11.1 Å². The molecule has 0 spiro atoms. The van der Waals surface area contributed by atoms with Gasteiger partial charge in [0.05, 0.1) is 15.5 Å². The molecule has 0 aliphatic carbocycles. The number of benzene rings is 1. The Morgan fingerprint density at radius 3 is 2.50 bits per heavy atom. The molecule has 1 saturated heterocycles. The maximum Gasteiger partial charge on any atom is 0.256 e. The van der Waals surface area contributed by atoms with Crippen LogP contribution in [0, 0.1) is 5.92 Å². The fourth-order valence-corrected chi connectivity index (χ4v) is 3.38. The van der Waals surface area contributed by atoms with Crippen molar-refractivity contribution in [3.63, 3.8) is 0 Å². The number of hydrogen-bond donors (Lipinski definition) is 1. The Bertz CT molecular complexity index is 623. The van der Waals surface area contributed by atoms with Crippen LogP contribution in [0.4, 0.5) is 0 Å². The zero-order valence-electron chi connectivity index (χ0n) is 11.2. The third kappa shape index (κ3) is 3.13. The summed E-state index contributed by atoms with van der Waals surface area (Å²) in [4.78, 5) is 13.9. The van der Waals surface area contributed by atoms with Gasteiger partial charge in [-0.25, -0.2) is 13.6 Å².